The van der Waals surface area contributed by atoms with E-state index in [1.54, 1.807) is 60.7 Å². The molecule has 150 valence electrons. The van der Waals surface area contributed by atoms with Crippen molar-refractivity contribution < 1.29 is 14.1 Å². The van der Waals surface area contributed by atoms with Crippen LogP contribution in [-0.4, -0.2) is 16.0 Å². The van der Waals surface area contributed by atoms with Crippen LogP contribution in [0.3, 0.4) is 0 Å². The second kappa shape index (κ2) is 8.67. The molecule has 0 fully saturated rings. The minimum absolute atomic E-state index is 0.280. The van der Waals surface area contributed by atoms with E-state index in [0.29, 0.717) is 34.2 Å². The number of nitrogens with one attached hydrogen (secondary N) is 2. The molecule has 0 aliphatic rings. The van der Waals surface area contributed by atoms with Crippen LogP contribution in [0.1, 0.15) is 15.9 Å². The molecule has 0 unspecified atom stereocenters. The molecule has 2 N–H and O–H groups in total. The maximum absolute atomic E-state index is 12.8. The van der Waals surface area contributed by atoms with Gasteiger partial charge in [0, 0.05) is 16.3 Å². The van der Waals surface area contributed by atoms with E-state index in [1.807, 2.05) is 12.1 Å². The van der Waals surface area contributed by atoms with E-state index < -0.39 is 5.76 Å². The average molecular weight is 422 g/mol. The van der Waals surface area contributed by atoms with Crippen LogP contribution in [0.5, 0.6) is 5.75 Å². The summed E-state index contributed by atoms with van der Waals surface area (Å²) in [6, 6.07) is 21.2. The van der Waals surface area contributed by atoms with Crippen LogP contribution >= 0.6 is 11.6 Å². The quantitative estimate of drug-likeness (QED) is 0.477. The van der Waals surface area contributed by atoms with E-state index >= 15 is 0 Å². The number of hydrogen-bond donors (Lipinski definition) is 2. The number of benzene rings is 3. The number of amides is 1. The number of carbonyl (C=O) groups is 1. The number of H-pyrrole nitrogens is 1. The molecule has 30 heavy (non-hydrogen) atoms. The normalized spacial score (nSPS) is 10.6. The molecule has 0 spiro atoms. The van der Waals surface area contributed by atoms with Gasteiger partial charge in [0.2, 0.25) is 0 Å². The summed E-state index contributed by atoms with van der Waals surface area (Å²) in [5.74, 6) is -0.233. The van der Waals surface area contributed by atoms with Gasteiger partial charge in [0.25, 0.3) is 5.91 Å². The topological polar surface area (TPSA) is 97.2 Å². The van der Waals surface area contributed by atoms with Gasteiger partial charge in [-0.15, -0.1) is 0 Å². The number of carbonyl (C=O) groups excluding carboxylic acids is 1. The lowest BCUT2D eigenvalue weighted by molar-refractivity contribution is 0.102. The zero-order valence-corrected chi connectivity index (χ0v) is 16.3. The summed E-state index contributed by atoms with van der Waals surface area (Å²) in [6.07, 6.45) is 0. The fourth-order valence-corrected chi connectivity index (χ4v) is 2.94. The molecule has 4 aromatic rings. The predicted molar refractivity (Wildman–Crippen MR) is 113 cm³/mol. The van der Waals surface area contributed by atoms with Gasteiger partial charge < -0.3 is 10.1 Å². The number of anilines is 1. The third-order valence-corrected chi connectivity index (χ3v) is 4.53. The Kier molecular flexibility index (Phi) is 5.63. The molecule has 1 amide bonds. The number of aromatic nitrogens is 2. The molecule has 4 rings (SSSR count). The van der Waals surface area contributed by atoms with Crippen molar-refractivity contribution in [1.82, 2.24) is 10.1 Å². The zero-order valence-electron chi connectivity index (χ0n) is 15.6. The molecule has 0 saturated heterocycles. The summed E-state index contributed by atoms with van der Waals surface area (Å²) in [4.78, 5) is 26.5. The van der Waals surface area contributed by atoms with Gasteiger partial charge in [0.1, 0.15) is 12.4 Å². The number of para-hydroxylation sites is 1. The van der Waals surface area contributed by atoms with Crippen LogP contribution in [0.15, 0.2) is 82.1 Å². The van der Waals surface area contributed by atoms with E-state index in [0.717, 1.165) is 5.56 Å². The summed E-state index contributed by atoms with van der Waals surface area (Å²) in [5, 5.41) is 7.14. The smallest absolute Gasteiger partial charge is 0.439 e. The number of ether oxygens (including phenoxy) is 1. The van der Waals surface area contributed by atoms with Gasteiger partial charge in [-0.3, -0.25) is 14.3 Å². The van der Waals surface area contributed by atoms with Gasteiger partial charge in [0.05, 0.1) is 5.56 Å². The molecular weight excluding hydrogens is 406 g/mol. The number of aromatic amines is 1. The van der Waals surface area contributed by atoms with Gasteiger partial charge in [-0.05, 0) is 42.0 Å². The number of halogens is 1. The van der Waals surface area contributed by atoms with Crippen molar-refractivity contribution in [2.45, 2.75) is 6.61 Å². The summed E-state index contributed by atoms with van der Waals surface area (Å²) < 4.78 is 10.4. The molecule has 0 radical (unpaired) electrons. The fourth-order valence-electron chi connectivity index (χ4n) is 2.82. The predicted octanol–water partition coefficient (Wildman–Crippen LogP) is 4.51. The first kappa shape index (κ1) is 19.5. The first-order valence-electron chi connectivity index (χ1n) is 9.02. The van der Waals surface area contributed by atoms with E-state index in [-0.39, 0.29) is 11.7 Å². The SMILES string of the molecule is O=C(Nc1cccc(-c2noc(=O)[nH]2)c1)c1ccccc1OCc1ccc(Cl)cc1. The molecule has 1 aromatic heterocycles. The van der Waals surface area contributed by atoms with Crippen molar-refractivity contribution in [3.05, 3.63) is 99.5 Å². The molecule has 3 aromatic carbocycles. The van der Waals surface area contributed by atoms with Gasteiger partial charge in [-0.25, -0.2) is 4.79 Å². The minimum Gasteiger partial charge on any atom is -0.488 e. The molecule has 0 aliphatic carbocycles. The summed E-state index contributed by atoms with van der Waals surface area (Å²) >= 11 is 5.90. The first-order chi connectivity index (χ1) is 14.6. The highest BCUT2D eigenvalue weighted by molar-refractivity contribution is 6.30. The Hall–Kier alpha value is -3.84. The van der Waals surface area contributed by atoms with Crippen molar-refractivity contribution in [3.63, 3.8) is 0 Å². The minimum atomic E-state index is -0.647. The zero-order chi connectivity index (χ0) is 20.9. The monoisotopic (exact) mass is 421 g/mol. The van der Waals surface area contributed by atoms with Gasteiger partial charge >= 0.3 is 5.76 Å². The number of nitrogens with zero attached hydrogens (tertiary/aromatic N) is 1. The van der Waals surface area contributed by atoms with Crippen LogP contribution in [0, 0.1) is 0 Å². The molecule has 8 heteroatoms. The second-order valence-corrected chi connectivity index (χ2v) is 6.83. The highest BCUT2D eigenvalue weighted by Crippen LogP contribution is 2.23. The van der Waals surface area contributed by atoms with Crippen LogP contribution in [-0.2, 0) is 6.61 Å². The van der Waals surface area contributed by atoms with Gasteiger partial charge in [0.15, 0.2) is 5.82 Å². The molecule has 1 heterocycles. The van der Waals surface area contributed by atoms with Crippen molar-refractivity contribution in [2.75, 3.05) is 5.32 Å². The number of hydrogen-bond acceptors (Lipinski definition) is 5. The van der Waals surface area contributed by atoms with E-state index in [4.69, 9.17) is 16.3 Å². The highest BCUT2D eigenvalue weighted by Gasteiger charge is 2.13. The van der Waals surface area contributed by atoms with Crippen molar-refractivity contribution in [3.8, 4) is 17.1 Å². The van der Waals surface area contributed by atoms with E-state index in [1.165, 1.54) is 0 Å². The molecular formula is C22H16ClN3O4. The largest absolute Gasteiger partial charge is 0.488 e. The molecule has 0 aliphatic heterocycles. The Morgan fingerprint density at radius 1 is 1.07 bits per heavy atom. The first-order valence-corrected chi connectivity index (χ1v) is 9.40. The standard InChI is InChI=1S/C22H16ClN3O4/c23-16-10-8-14(9-11-16)13-29-19-7-2-1-6-18(19)21(27)24-17-5-3-4-15(12-17)20-25-22(28)30-26-20/h1-12H,13H2,(H,24,27)(H,25,26,28). The van der Waals surface area contributed by atoms with Crippen molar-refractivity contribution in [1.29, 1.82) is 0 Å². The van der Waals surface area contributed by atoms with Gasteiger partial charge in [-0.1, -0.05) is 53.2 Å². The maximum Gasteiger partial charge on any atom is 0.439 e. The number of rotatable bonds is 6. The van der Waals surface area contributed by atoms with E-state index in [9.17, 15) is 9.59 Å². The van der Waals surface area contributed by atoms with Crippen LogP contribution in [0.25, 0.3) is 11.4 Å². The van der Waals surface area contributed by atoms with E-state index in [2.05, 4.69) is 20.0 Å². The van der Waals surface area contributed by atoms with Gasteiger partial charge in [-0.2, -0.15) is 0 Å². The lowest BCUT2D eigenvalue weighted by Crippen LogP contribution is -2.13. The van der Waals surface area contributed by atoms with Crippen molar-refractivity contribution in [2.24, 2.45) is 0 Å². The summed E-state index contributed by atoms with van der Waals surface area (Å²) in [5.41, 5.74) is 2.47. The summed E-state index contributed by atoms with van der Waals surface area (Å²) in [7, 11) is 0. The van der Waals surface area contributed by atoms with Crippen LogP contribution in [0.2, 0.25) is 5.02 Å². The third kappa shape index (κ3) is 4.59. The Bertz CT molecular complexity index is 1230. The molecule has 0 bridgehead atoms. The Morgan fingerprint density at radius 3 is 2.63 bits per heavy atom. The third-order valence-electron chi connectivity index (χ3n) is 4.27. The Balaban J connectivity index is 1.50. The molecule has 0 atom stereocenters. The summed E-state index contributed by atoms with van der Waals surface area (Å²) in [6.45, 7) is 0.302. The Morgan fingerprint density at radius 2 is 1.87 bits per heavy atom. The lowest BCUT2D eigenvalue weighted by Gasteiger charge is -2.12. The van der Waals surface area contributed by atoms with Crippen LogP contribution < -0.4 is 15.8 Å². The Labute approximate surface area is 176 Å². The molecule has 0 saturated carbocycles. The molecule has 7 nitrogen and oxygen atoms in total. The fraction of sp³-hybridized carbons (Fsp3) is 0.0455. The van der Waals surface area contributed by atoms with Crippen molar-refractivity contribution >= 4 is 23.2 Å². The second-order valence-electron chi connectivity index (χ2n) is 6.39. The average Bonchev–Trinajstić information content (AvgIpc) is 3.20. The highest BCUT2D eigenvalue weighted by atomic mass is 35.5. The lowest BCUT2D eigenvalue weighted by atomic mass is 10.1. The maximum atomic E-state index is 12.8. The van der Waals surface area contributed by atoms with Crippen LogP contribution in [0.4, 0.5) is 5.69 Å².